The number of fused-ring (bicyclic) bond motifs is 6. The van der Waals surface area contributed by atoms with Gasteiger partial charge in [0.2, 0.25) is 0 Å². The van der Waals surface area contributed by atoms with Crippen LogP contribution in [-0.4, -0.2) is 4.57 Å². The van der Waals surface area contributed by atoms with Gasteiger partial charge >= 0.3 is 0 Å². The molecular formula is C51H38N2. The van der Waals surface area contributed by atoms with Gasteiger partial charge in [0.05, 0.1) is 22.4 Å². The van der Waals surface area contributed by atoms with Crippen molar-refractivity contribution in [2.45, 2.75) is 19.3 Å². The van der Waals surface area contributed by atoms with E-state index in [4.69, 9.17) is 0 Å². The molecule has 0 saturated carbocycles. The molecule has 2 heteroatoms. The second-order valence-electron chi connectivity index (χ2n) is 14.5. The van der Waals surface area contributed by atoms with Crippen molar-refractivity contribution in [2.24, 2.45) is 0 Å². The van der Waals surface area contributed by atoms with Gasteiger partial charge in [-0.1, -0.05) is 166 Å². The zero-order valence-electron chi connectivity index (χ0n) is 29.9. The lowest BCUT2D eigenvalue weighted by atomic mass is 9.82. The fourth-order valence-electron chi connectivity index (χ4n) is 8.77. The van der Waals surface area contributed by atoms with Gasteiger partial charge in [0, 0.05) is 38.7 Å². The third-order valence-electron chi connectivity index (χ3n) is 11.2. The lowest BCUT2D eigenvalue weighted by Gasteiger charge is -2.30. The van der Waals surface area contributed by atoms with E-state index in [2.05, 4.69) is 217 Å². The Balaban J connectivity index is 1.30. The van der Waals surface area contributed by atoms with Gasteiger partial charge in [-0.25, -0.2) is 0 Å². The molecule has 9 aromatic rings. The van der Waals surface area contributed by atoms with Gasteiger partial charge in [-0.3, -0.25) is 0 Å². The van der Waals surface area contributed by atoms with E-state index in [0.717, 1.165) is 17.1 Å². The molecule has 1 aliphatic rings. The molecule has 0 amide bonds. The molecule has 1 heterocycles. The summed E-state index contributed by atoms with van der Waals surface area (Å²) in [5.74, 6) is 0. The number of hydrogen-bond donors (Lipinski definition) is 0. The van der Waals surface area contributed by atoms with Gasteiger partial charge in [-0.2, -0.15) is 0 Å². The first-order valence-corrected chi connectivity index (χ1v) is 18.5. The van der Waals surface area contributed by atoms with Crippen LogP contribution in [0.3, 0.4) is 0 Å². The van der Waals surface area contributed by atoms with E-state index in [1.165, 1.54) is 72.0 Å². The molecule has 0 aliphatic heterocycles. The summed E-state index contributed by atoms with van der Waals surface area (Å²) < 4.78 is 2.44. The van der Waals surface area contributed by atoms with Gasteiger partial charge in [0.25, 0.3) is 0 Å². The first-order valence-electron chi connectivity index (χ1n) is 18.5. The highest BCUT2D eigenvalue weighted by molar-refractivity contribution is 6.16. The predicted octanol–water partition coefficient (Wildman–Crippen LogP) is 13.9. The molecule has 0 fully saturated rings. The average molecular weight is 679 g/mol. The minimum atomic E-state index is -0.121. The minimum Gasteiger partial charge on any atom is -0.309 e. The number of aromatic nitrogens is 1. The molecule has 1 aliphatic carbocycles. The fourth-order valence-corrected chi connectivity index (χ4v) is 8.77. The summed E-state index contributed by atoms with van der Waals surface area (Å²) in [5.41, 5.74) is 17.0. The molecule has 2 nitrogen and oxygen atoms in total. The summed E-state index contributed by atoms with van der Waals surface area (Å²) >= 11 is 0. The van der Waals surface area contributed by atoms with Crippen molar-refractivity contribution in [1.82, 2.24) is 4.57 Å². The van der Waals surface area contributed by atoms with E-state index < -0.39 is 0 Å². The second-order valence-corrected chi connectivity index (χ2v) is 14.5. The number of benzene rings is 8. The molecule has 8 aromatic carbocycles. The summed E-state index contributed by atoms with van der Waals surface area (Å²) in [6, 6.07) is 70.8. The van der Waals surface area contributed by atoms with Gasteiger partial charge < -0.3 is 9.47 Å². The molecule has 0 N–H and O–H groups in total. The van der Waals surface area contributed by atoms with Crippen LogP contribution in [0.2, 0.25) is 0 Å². The lowest BCUT2D eigenvalue weighted by molar-refractivity contribution is 0.660. The Hall–Kier alpha value is -6.64. The van der Waals surface area contributed by atoms with E-state index in [1.54, 1.807) is 0 Å². The van der Waals surface area contributed by atoms with Crippen molar-refractivity contribution >= 4 is 38.9 Å². The van der Waals surface area contributed by atoms with Crippen LogP contribution in [0.5, 0.6) is 0 Å². The molecule has 252 valence electrons. The van der Waals surface area contributed by atoms with Crippen LogP contribution in [0, 0.1) is 0 Å². The summed E-state index contributed by atoms with van der Waals surface area (Å²) in [5, 5.41) is 2.49. The van der Waals surface area contributed by atoms with Crippen LogP contribution in [-0.2, 0) is 5.41 Å². The molecule has 0 atom stereocenters. The van der Waals surface area contributed by atoms with Crippen molar-refractivity contribution in [2.75, 3.05) is 4.90 Å². The van der Waals surface area contributed by atoms with Gasteiger partial charge in [-0.15, -0.1) is 0 Å². The van der Waals surface area contributed by atoms with Gasteiger partial charge in [-0.05, 0) is 75.8 Å². The Morgan fingerprint density at radius 3 is 1.75 bits per heavy atom. The number of rotatable bonds is 6. The highest BCUT2D eigenvalue weighted by Crippen LogP contribution is 2.55. The van der Waals surface area contributed by atoms with Gasteiger partial charge in [0.1, 0.15) is 0 Å². The number of nitrogens with zero attached hydrogens (tertiary/aromatic N) is 2. The monoisotopic (exact) mass is 678 g/mol. The molecule has 1 aromatic heterocycles. The molecule has 10 rings (SSSR count). The van der Waals surface area contributed by atoms with Crippen molar-refractivity contribution < 1.29 is 0 Å². The number of para-hydroxylation sites is 2. The summed E-state index contributed by atoms with van der Waals surface area (Å²) in [7, 11) is 0. The zero-order chi connectivity index (χ0) is 35.5. The molecule has 0 unspecified atom stereocenters. The smallest absolute Gasteiger partial charge is 0.0562 e. The van der Waals surface area contributed by atoms with Crippen LogP contribution < -0.4 is 4.90 Å². The van der Waals surface area contributed by atoms with Crippen molar-refractivity contribution in [3.8, 4) is 39.1 Å². The average Bonchev–Trinajstić information content (AvgIpc) is 3.68. The fraction of sp³-hybridized carbons (Fsp3) is 0.0588. The third-order valence-corrected chi connectivity index (χ3v) is 11.2. The van der Waals surface area contributed by atoms with Crippen molar-refractivity contribution in [1.29, 1.82) is 0 Å². The van der Waals surface area contributed by atoms with Gasteiger partial charge in [0.15, 0.2) is 0 Å². The number of anilines is 3. The predicted molar refractivity (Wildman–Crippen MR) is 224 cm³/mol. The van der Waals surface area contributed by atoms with Crippen LogP contribution in [0.15, 0.2) is 194 Å². The van der Waals surface area contributed by atoms with E-state index >= 15 is 0 Å². The maximum Gasteiger partial charge on any atom is 0.0562 e. The Morgan fingerprint density at radius 1 is 0.434 bits per heavy atom. The van der Waals surface area contributed by atoms with Crippen LogP contribution in [0.25, 0.3) is 60.9 Å². The molecule has 0 radical (unpaired) electrons. The zero-order valence-corrected chi connectivity index (χ0v) is 29.9. The molecule has 0 saturated heterocycles. The lowest BCUT2D eigenvalue weighted by Crippen LogP contribution is -2.16. The van der Waals surface area contributed by atoms with E-state index in [9.17, 15) is 0 Å². The van der Waals surface area contributed by atoms with Crippen molar-refractivity contribution in [3.63, 3.8) is 0 Å². The Morgan fingerprint density at radius 2 is 1.00 bits per heavy atom. The summed E-state index contributed by atoms with van der Waals surface area (Å²) in [6.45, 7) is 4.72. The van der Waals surface area contributed by atoms with Crippen LogP contribution >= 0.6 is 0 Å². The largest absolute Gasteiger partial charge is 0.309 e. The summed E-state index contributed by atoms with van der Waals surface area (Å²) in [4.78, 5) is 2.50. The number of hydrogen-bond acceptors (Lipinski definition) is 1. The van der Waals surface area contributed by atoms with E-state index in [1.807, 2.05) is 0 Å². The highest BCUT2D eigenvalue weighted by atomic mass is 15.2. The van der Waals surface area contributed by atoms with Crippen LogP contribution in [0.1, 0.15) is 25.0 Å². The van der Waals surface area contributed by atoms with Crippen LogP contribution in [0.4, 0.5) is 17.1 Å². The molecular weight excluding hydrogens is 641 g/mol. The second kappa shape index (κ2) is 12.3. The highest BCUT2D eigenvalue weighted by Gasteiger charge is 2.38. The maximum atomic E-state index is 2.50. The first kappa shape index (κ1) is 31.1. The quantitative estimate of drug-likeness (QED) is 0.170. The van der Waals surface area contributed by atoms with E-state index in [-0.39, 0.29) is 5.41 Å². The Labute approximate surface area is 310 Å². The third kappa shape index (κ3) is 4.87. The Kier molecular flexibility index (Phi) is 7.19. The van der Waals surface area contributed by atoms with E-state index in [0.29, 0.717) is 0 Å². The molecule has 53 heavy (non-hydrogen) atoms. The Bertz CT molecular complexity index is 2790. The topological polar surface area (TPSA) is 8.17 Å². The molecule has 0 bridgehead atoms. The summed E-state index contributed by atoms with van der Waals surface area (Å²) in [6.07, 6.45) is 0. The maximum absolute atomic E-state index is 2.50. The standard InChI is InChI=1S/C51H38N2/c1-51(2)43-27-14-12-25-41(43)50-44(51)28-17-31-47(50)53(45-29-15-13-24-39(45)35-18-6-3-7-19-35)38-32-33-42-48(34-38)52(37-22-10-5-11-23-37)46-30-16-26-40(49(42)46)36-20-8-4-9-21-36/h3-34H,1-2H3. The first-order chi connectivity index (χ1) is 26.1. The SMILES string of the molecule is CC1(C)c2ccccc2-c2c(N(c3ccc4c5c(-c6ccccc6)cccc5n(-c5ccccc5)c4c3)c3ccccc3-c3ccccc3)cccc21. The van der Waals surface area contributed by atoms with Crippen molar-refractivity contribution in [3.05, 3.63) is 205 Å². The minimum absolute atomic E-state index is 0.121. The normalized spacial score (nSPS) is 12.9. The molecule has 0 spiro atoms.